The van der Waals surface area contributed by atoms with Crippen molar-refractivity contribution in [3.8, 4) is 11.5 Å². The number of ether oxygens (including phenoxy) is 1. The van der Waals surface area contributed by atoms with E-state index in [2.05, 4.69) is 0 Å². The highest BCUT2D eigenvalue weighted by atomic mass is 32.2. The number of fused-ring (bicyclic) bond motifs is 1. The van der Waals surface area contributed by atoms with E-state index < -0.39 is 17.4 Å². The number of hydrogen-bond donors (Lipinski definition) is 1. The van der Waals surface area contributed by atoms with Gasteiger partial charge in [-0.2, -0.15) is 0 Å². The first-order valence-electron chi connectivity index (χ1n) is 3.66. The summed E-state index contributed by atoms with van der Waals surface area (Å²) in [6.07, 6.45) is 0. The second kappa shape index (κ2) is 3.06. The van der Waals surface area contributed by atoms with Gasteiger partial charge in [-0.15, -0.1) is 11.8 Å². The van der Waals surface area contributed by atoms with Crippen LogP contribution in [0.15, 0.2) is 11.0 Å². The molecule has 0 bridgehead atoms. The van der Waals surface area contributed by atoms with Gasteiger partial charge in [0.05, 0.1) is 11.5 Å². The number of phenolic OH excluding ortho intramolecular Hbond substituents is 1. The van der Waals surface area contributed by atoms with Gasteiger partial charge in [0.2, 0.25) is 0 Å². The summed E-state index contributed by atoms with van der Waals surface area (Å²) in [6.45, 7) is 0.432. The summed E-state index contributed by atoms with van der Waals surface area (Å²) in [7, 11) is 0. The molecule has 1 heterocycles. The van der Waals surface area contributed by atoms with E-state index in [1.165, 1.54) is 11.8 Å². The molecule has 1 aromatic rings. The average molecular weight is 204 g/mol. The van der Waals surface area contributed by atoms with E-state index in [1.54, 1.807) is 0 Å². The number of hydrogen-bond acceptors (Lipinski definition) is 3. The van der Waals surface area contributed by atoms with Crippen LogP contribution in [0, 0.1) is 11.6 Å². The van der Waals surface area contributed by atoms with Crippen LogP contribution in [0.25, 0.3) is 0 Å². The topological polar surface area (TPSA) is 29.5 Å². The molecule has 0 unspecified atom stereocenters. The summed E-state index contributed by atoms with van der Waals surface area (Å²) in [6, 6.07) is 1.000. The van der Waals surface area contributed by atoms with Gasteiger partial charge in [-0.1, -0.05) is 0 Å². The van der Waals surface area contributed by atoms with Crippen molar-refractivity contribution in [1.29, 1.82) is 0 Å². The zero-order valence-electron chi connectivity index (χ0n) is 6.51. The summed E-state index contributed by atoms with van der Waals surface area (Å²) in [5, 5.41) is 8.94. The highest BCUT2D eigenvalue weighted by molar-refractivity contribution is 7.99. The predicted octanol–water partition coefficient (Wildman–Crippen LogP) is 2.15. The lowest BCUT2D eigenvalue weighted by Crippen LogP contribution is -2.08. The van der Waals surface area contributed by atoms with E-state index in [0.29, 0.717) is 12.4 Å². The van der Waals surface area contributed by atoms with Gasteiger partial charge in [0.25, 0.3) is 0 Å². The van der Waals surface area contributed by atoms with Crippen molar-refractivity contribution in [1.82, 2.24) is 0 Å². The Morgan fingerprint density at radius 3 is 3.00 bits per heavy atom. The Morgan fingerprint density at radius 1 is 1.46 bits per heavy atom. The van der Waals surface area contributed by atoms with Crippen LogP contribution in [0.4, 0.5) is 8.78 Å². The first-order chi connectivity index (χ1) is 6.20. The molecule has 0 aromatic heterocycles. The van der Waals surface area contributed by atoms with Crippen LogP contribution in [-0.2, 0) is 0 Å². The Balaban J connectivity index is 2.60. The quantitative estimate of drug-likeness (QED) is 0.702. The Hall–Kier alpha value is -0.970. The van der Waals surface area contributed by atoms with E-state index in [-0.39, 0.29) is 10.6 Å². The zero-order valence-corrected chi connectivity index (χ0v) is 7.33. The maximum atomic E-state index is 13.2. The predicted molar refractivity (Wildman–Crippen MR) is 44.2 cm³/mol. The number of thioether (sulfide) groups is 1. The van der Waals surface area contributed by atoms with Gasteiger partial charge in [-0.05, 0) is 0 Å². The lowest BCUT2D eigenvalue weighted by Gasteiger charge is -2.17. The van der Waals surface area contributed by atoms with Crippen LogP contribution in [0.5, 0.6) is 11.5 Å². The number of benzene rings is 1. The summed E-state index contributed by atoms with van der Waals surface area (Å²) in [5.41, 5.74) is 0. The van der Waals surface area contributed by atoms with Crippen LogP contribution in [0.1, 0.15) is 0 Å². The summed E-state index contributed by atoms with van der Waals surface area (Å²) in [4.78, 5) is 0.185. The van der Waals surface area contributed by atoms with E-state index in [0.717, 1.165) is 6.07 Å². The van der Waals surface area contributed by atoms with Gasteiger partial charge in [-0.3, -0.25) is 0 Å². The van der Waals surface area contributed by atoms with Crippen LogP contribution >= 0.6 is 11.8 Å². The second-order valence-electron chi connectivity index (χ2n) is 2.55. The molecule has 5 heteroatoms. The number of rotatable bonds is 0. The average Bonchev–Trinajstić information content (AvgIpc) is 2.15. The second-order valence-corrected chi connectivity index (χ2v) is 3.65. The molecule has 1 N–H and O–H groups in total. The van der Waals surface area contributed by atoms with Gasteiger partial charge in [0.1, 0.15) is 5.75 Å². The largest absolute Gasteiger partial charge is 0.503 e. The van der Waals surface area contributed by atoms with Gasteiger partial charge >= 0.3 is 0 Å². The monoisotopic (exact) mass is 204 g/mol. The van der Waals surface area contributed by atoms with Crippen molar-refractivity contribution < 1.29 is 18.6 Å². The first-order valence-corrected chi connectivity index (χ1v) is 4.65. The van der Waals surface area contributed by atoms with Crippen LogP contribution in [0.3, 0.4) is 0 Å². The Morgan fingerprint density at radius 2 is 2.23 bits per heavy atom. The molecule has 0 spiro atoms. The highest BCUT2D eigenvalue weighted by Crippen LogP contribution is 2.40. The van der Waals surface area contributed by atoms with Gasteiger partial charge in [0.15, 0.2) is 17.4 Å². The molecule has 0 saturated carbocycles. The van der Waals surface area contributed by atoms with Crippen molar-refractivity contribution in [3.05, 3.63) is 17.7 Å². The molecular weight excluding hydrogens is 198 g/mol. The molecule has 0 atom stereocenters. The summed E-state index contributed by atoms with van der Waals surface area (Å²) >= 11 is 1.21. The fourth-order valence-corrected chi connectivity index (χ4v) is 1.96. The molecule has 0 saturated heterocycles. The maximum Gasteiger partial charge on any atom is 0.189 e. The highest BCUT2D eigenvalue weighted by Gasteiger charge is 2.21. The SMILES string of the molecule is Oc1c(F)cc2c(c1F)SCCO2. The molecule has 0 radical (unpaired) electrons. The molecule has 0 aliphatic carbocycles. The maximum absolute atomic E-state index is 13.2. The molecule has 70 valence electrons. The van der Waals surface area contributed by atoms with Crippen molar-refractivity contribution in [2.75, 3.05) is 12.4 Å². The minimum absolute atomic E-state index is 0.170. The summed E-state index contributed by atoms with van der Waals surface area (Å²) in [5.74, 6) is -2.08. The molecule has 2 rings (SSSR count). The minimum Gasteiger partial charge on any atom is -0.503 e. The molecule has 1 aliphatic rings. The van der Waals surface area contributed by atoms with Crippen molar-refractivity contribution >= 4 is 11.8 Å². The van der Waals surface area contributed by atoms with Gasteiger partial charge in [-0.25, -0.2) is 8.78 Å². The minimum atomic E-state index is -0.987. The van der Waals surface area contributed by atoms with Crippen LogP contribution in [0.2, 0.25) is 0 Å². The van der Waals surface area contributed by atoms with Crippen LogP contribution in [-0.4, -0.2) is 17.5 Å². The van der Waals surface area contributed by atoms with E-state index in [1.807, 2.05) is 0 Å². The molecule has 1 aliphatic heterocycles. The van der Waals surface area contributed by atoms with Crippen molar-refractivity contribution in [2.45, 2.75) is 4.90 Å². The van der Waals surface area contributed by atoms with E-state index in [9.17, 15) is 8.78 Å². The van der Waals surface area contributed by atoms with Crippen molar-refractivity contribution in [2.24, 2.45) is 0 Å². The third-order valence-electron chi connectivity index (χ3n) is 1.70. The third-order valence-corrected chi connectivity index (χ3v) is 2.74. The van der Waals surface area contributed by atoms with Crippen molar-refractivity contribution in [3.63, 3.8) is 0 Å². The molecule has 1 aromatic carbocycles. The van der Waals surface area contributed by atoms with E-state index in [4.69, 9.17) is 9.84 Å². The molecule has 0 fully saturated rings. The molecule has 13 heavy (non-hydrogen) atoms. The van der Waals surface area contributed by atoms with E-state index >= 15 is 0 Å². The first kappa shape index (κ1) is 8.62. The Bertz CT molecular complexity index is 354. The van der Waals surface area contributed by atoms with Crippen LogP contribution < -0.4 is 4.74 Å². The number of halogens is 2. The van der Waals surface area contributed by atoms with Gasteiger partial charge in [0, 0.05) is 11.8 Å². The lowest BCUT2D eigenvalue weighted by atomic mass is 10.3. The fraction of sp³-hybridized carbons (Fsp3) is 0.250. The molecule has 0 amide bonds. The smallest absolute Gasteiger partial charge is 0.189 e. The molecule has 2 nitrogen and oxygen atoms in total. The normalized spacial score (nSPS) is 14.9. The Labute approximate surface area is 77.5 Å². The molecular formula is C8H6F2O2S. The fourth-order valence-electron chi connectivity index (χ4n) is 1.11. The summed E-state index contributed by atoms with van der Waals surface area (Å²) < 4.78 is 31.0. The third kappa shape index (κ3) is 1.33. The Kier molecular flexibility index (Phi) is 2.03. The number of aromatic hydroxyl groups is 1. The number of phenols is 1. The van der Waals surface area contributed by atoms with Gasteiger partial charge < -0.3 is 9.84 Å². The zero-order chi connectivity index (χ0) is 9.42. The lowest BCUT2D eigenvalue weighted by molar-refractivity contribution is 0.313. The standard InChI is InChI=1S/C8H6F2O2S/c9-4-3-5-8(6(10)7(4)11)13-2-1-12-5/h3,11H,1-2H2.